The Morgan fingerprint density at radius 2 is 2.06 bits per heavy atom. The van der Waals surface area contributed by atoms with E-state index in [1.54, 1.807) is 6.07 Å². The third-order valence-electron chi connectivity index (χ3n) is 2.83. The molecule has 1 N–H and O–H groups in total. The van der Waals surface area contributed by atoms with E-state index in [4.69, 9.17) is 0 Å². The average Bonchev–Trinajstić information content (AvgIpc) is 2.37. The SMILES string of the molecule is CNC(c1ccc(C)nc1)c1cc(F)ccc1Br. The van der Waals surface area contributed by atoms with Crippen molar-refractivity contribution < 1.29 is 4.39 Å². The summed E-state index contributed by atoms with van der Waals surface area (Å²) in [7, 11) is 1.85. The third-order valence-corrected chi connectivity index (χ3v) is 3.55. The Kier molecular flexibility index (Phi) is 4.09. The first-order valence-corrected chi connectivity index (χ1v) is 6.46. The quantitative estimate of drug-likeness (QED) is 0.937. The summed E-state index contributed by atoms with van der Waals surface area (Å²) in [5, 5.41) is 3.19. The number of halogens is 2. The van der Waals surface area contributed by atoms with Gasteiger partial charge in [-0.25, -0.2) is 4.39 Å². The fourth-order valence-corrected chi connectivity index (χ4v) is 2.36. The van der Waals surface area contributed by atoms with Crippen molar-refractivity contribution in [3.05, 3.63) is 63.6 Å². The second kappa shape index (κ2) is 5.59. The summed E-state index contributed by atoms with van der Waals surface area (Å²) < 4.78 is 14.2. The summed E-state index contributed by atoms with van der Waals surface area (Å²) in [5.41, 5.74) is 2.84. The molecule has 0 aliphatic carbocycles. The van der Waals surface area contributed by atoms with E-state index in [0.717, 1.165) is 21.3 Å². The zero-order valence-electron chi connectivity index (χ0n) is 10.2. The van der Waals surface area contributed by atoms with E-state index in [2.05, 4.69) is 26.2 Å². The van der Waals surface area contributed by atoms with Gasteiger partial charge < -0.3 is 5.32 Å². The molecule has 0 saturated heterocycles. The lowest BCUT2D eigenvalue weighted by Crippen LogP contribution is -2.18. The topological polar surface area (TPSA) is 24.9 Å². The minimum absolute atomic E-state index is 0.0804. The highest BCUT2D eigenvalue weighted by Gasteiger charge is 2.15. The molecular formula is C14H14BrFN2. The van der Waals surface area contributed by atoms with Crippen molar-refractivity contribution in [2.24, 2.45) is 0 Å². The molecular weight excluding hydrogens is 295 g/mol. The van der Waals surface area contributed by atoms with E-state index in [0.29, 0.717) is 0 Å². The fraction of sp³-hybridized carbons (Fsp3) is 0.214. The maximum absolute atomic E-state index is 13.4. The van der Waals surface area contributed by atoms with Crippen molar-refractivity contribution in [3.63, 3.8) is 0 Å². The first-order chi connectivity index (χ1) is 8.61. The van der Waals surface area contributed by atoms with E-state index in [1.807, 2.05) is 32.3 Å². The number of aryl methyl sites for hydroxylation is 1. The molecule has 0 spiro atoms. The summed E-state index contributed by atoms with van der Waals surface area (Å²) in [4.78, 5) is 4.28. The van der Waals surface area contributed by atoms with Gasteiger partial charge in [-0.05, 0) is 49.4 Å². The molecule has 1 aromatic heterocycles. The Morgan fingerprint density at radius 1 is 1.28 bits per heavy atom. The first-order valence-electron chi connectivity index (χ1n) is 5.66. The normalized spacial score (nSPS) is 12.4. The molecule has 1 unspecified atom stereocenters. The van der Waals surface area contributed by atoms with Crippen LogP contribution < -0.4 is 5.32 Å². The van der Waals surface area contributed by atoms with Crippen molar-refractivity contribution in [3.8, 4) is 0 Å². The van der Waals surface area contributed by atoms with Gasteiger partial charge in [-0.2, -0.15) is 0 Å². The molecule has 18 heavy (non-hydrogen) atoms. The molecule has 1 atom stereocenters. The second-order valence-corrected chi connectivity index (χ2v) is 4.97. The van der Waals surface area contributed by atoms with Gasteiger partial charge in [0.1, 0.15) is 5.82 Å². The molecule has 1 aromatic carbocycles. The van der Waals surface area contributed by atoms with Crippen LogP contribution in [0, 0.1) is 12.7 Å². The van der Waals surface area contributed by atoms with Gasteiger partial charge in [0, 0.05) is 16.4 Å². The monoisotopic (exact) mass is 308 g/mol. The number of benzene rings is 1. The lowest BCUT2D eigenvalue weighted by Gasteiger charge is -2.18. The second-order valence-electron chi connectivity index (χ2n) is 4.12. The molecule has 0 fully saturated rings. The molecule has 0 radical (unpaired) electrons. The van der Waals surface area contributed by atoms with E-state index >= 15 is 0 Å². The molecule has 4 heteroatoms. The summed E-state index contributed by atoms with van der Waals surface area (Å²) in [6.45, 7) is 1.94. The molecule has 2 nitrogen and oxygen atoms in total. The highest BCUT2D eigenvalue weighted by atomic mass is 79.9. The Balaban J connectivity index is 2.44. The van der Waals surface area contributed by atoms with E-state index in [1.165, 1.54) is 12.1 Å². The van der Waals surface area contributed by atoms with Crippen LogP contribution in [0.15, 0.2) is 41.0 Å². The van der Waals surface area contributed by atoms with Crippen LogP contribution in [-0.2, 0) is 0 Å². The lowest BCUT2D eigenvalue weighted by molar-refractivity contribution is 0.615. The van der Waals surface area contributed by atoms with Gasteiger partial charge in [0.25, 0.3) is 0 Å². The predicted octanol–water partition coefficient (Wildman–Crippen LogP) is 3.60. The molecule has 94 valence electrons. The Bertz CT molecular complexity index is 540. The number of nitrogens with one attached hydrogen (secondary N) is 1. The van der Waals surface area contributed by atoms with Crippen LogP contribution in [0.4, 0.5) is 4.39 Å². The standard InChI is InChI=1S/C14H14BrFN2/c1-9-3-4-10(8-18-9)14(17-2)12-7-11(16)5-6-13(12)15/h3-8,14,17H,1-2H3. The Hall–Kier alpha value is -1.26. The third kappa shape index (κ3) is 2.76. The van der Waals surface area contributed by atoms with Gasteiger partial charge in [-0.1, -0.05) is 22.0 Å². The molecule has 2 aromatic rings. The molecule has 0 aliphatic rings. The highest BCUT2D eigenvalue weighted by Crippen LogP contribution is 2.28. The minimum atomic E-state index is -0.242. The number of hydrogen-bond donors (Lipinski definition) is 1. The molecule has 2 rings (SSSR count). The largest absolute Gasteiger partial charge is 0.309 e. The number of rotatable bonds is 3. The minimum Gasteiger partial charge on any atom is -0.309 e. The van der Waals surface area contributed by atoms with Crippen LogP contribution in [0.25, 0.3) is 0 Å². The maximum atomic E-state index is 13.4. The van der Waals surface area contributed by atoms with Gasteiger partial charge in [-0.15, -0.1) is 0 Å². The van der Waals surface area contributed by atoms with Crippen molar-refractivity contribution in [2.45, 2.75) is 13.0 Å². The maximum Gasteiger partial charge on any atom is 0.123 e. The van der Waals surface area contributed by atoms with Crippen LogP contribution in [0.2, 0.25) is 0 Å². The fourth-order valence-electron chi connectivity index (χ4n) is 1.89. The number of pyridine rings is 1. The zero-order valence-corrected chi connectivity index (χ0v) is 11.8. The lowest BCUT2D eigenvalue weighted by atomic mass is 10.00. The smallest absolute Gasteiger partial charge is 0.123 e. The van der Waals surface area contributed by atoms with Crippen LogP contribution in [-0.4, -0.2) is 12.0 Å². The van der Waals surface area contributed by atoms with Crippen molar-refractivity contribution >= 4 is 15.9 Å². The Morgan fingerprint density at radius 3 is 2.67 bits per heavy atom. The molecule has 0 amide bonds. The molecule has 0 saturated carbocycles. The van der Waals surface area contributed by atoms with E-state index < -0.39 is 0 Å². The average molecular weight is 309 g/mol. The van der Waals surface area contributed by atoms with E-state index in [9.17, 15) is 4.39 Å². The van der Waals surface area contributed by atoms with E-state index in [-0.39, 0.29) is 11.9 Å². The van der Waals surface area contributed by atoms with Crippen LogP contribution in [0.1, 0.15) is 22.9 Å². The van der Waals surface area contributed by atoms with Crippen molar-refractivity contribution in [1.82, 2.24) is 10.3 Å². The van der Waals surface area contributed by atoms with Gasteiger partial charge >= 0.3 is 0 Å². The first kappa shape index (κ1) is 13.2. The van der Waals surface area contributed by atoms with Crippen LogP contribution >= 0.6 is 15.9 Å². The van der Waals surface area contributed by atoms with Gasteiger partial charge in [0.15, 0.2) is 0 Å². The summed E-state index contributed by atoms with van der Waals surface area (Å²) >= 11 is 3.46. The predicted molar refractivity (Wildman–Crippen MR) is 74.0 cm³/mol. The van der Waals surface area contributed by atoms with Crippen molar-refractivity contribution in [1.29, 1.82) is 0 Å². The molecule has 0 aliphatic heterocycles. The van der Waals surface area contributed by atoms with Gasteiger partial charge in [0.2, 0.25) is 0 Å². The summed E-state index contributed by atoms with van der Waals surface area (Å²) in [6, 6.07) is 8.56. The van der Waals surface area contributed by atoms with Gasteiger partial charge in [0.05, 0.1) is 6.04 Å². The van der Waals surface area contributed by atoms with Crippen molar-refractivity contribution in [2.75, 3.05) is 7.05 Å². The number of hydrogen-bond acceptors (Lipinski definition) is 2. The number of nitrogens with zero attached hydrogens (tertiary/aromatic N) is 1. The highest BCUT2D eigenvalue weighted by molar-refractivity contribution is 9.10. The number of aromatic nitrogens is 1. The molecule has 1 heterocycles. The summed E-state index contributed by atoms with van der Waals surface area (Å²) in [6.07, 6.45) is 1.81. The summed E-state index contributed by atoms with van der Waals surface area (Å²) in [5.74, 6) is -0.242. The zero-order chi connectivity index (χ0) is 13.1. The molecule has 0 bridgehead atoms. The van der Waals surface area contributed by atoms with Crippen LogP contribution in [0.3, 0.4) is 0 Å². The Labute approximate surface area is 114 Å². The van der Waals surface area contributed by atoms with Gasteiger partial charge in [-0.3, -0.25) is 4.98 Å². The van der Waals surface area contributed by atoms with Crippen LogP contribution in [0.5, 0.6) is 0 Å².